The third kappa shape index (κ3) is 13.1. The van der Waals surface area contributed by atoms with Crippen molar-refractivity contribution in [1.82, 2.24) is 0 Å². The van der Waals surface area contributed by atoms with Crippen molar-refractivity contribution >= 4 is 59.3 Å². The Morgan fingerprint density at radius 3 is 1.38 bits per heavy atom. The Bertz CT molecular complexity index is 1650. The van der Waals surface area contributed by atoms with Crippen molar-refractivity contribution in [2.45, 2.75) is 110 Å². The first-order valence-electron chi connectivity index (χ1n) is 16.6. The third-order valence-corrected chi connectivity index (χ3v) is 7.43. The molecule has 2 heterocycles. The van der Waals surface area contributed by atoms with Crippen LogP contribution in [0, 0.1) is 10.1 Å². The zero-order valence-electron chi connectivity index (χ0n) is 31.0. The van der Waals surface area contributed by atoms with E-state index in [1.54, 1.807) is 0 Å². The topological polar surface area (TPSA) is 293 Å². The minimum absolute atomic E-state index is 0.0170. The van der Waals surface area contributed by atoms with Crippen LogP contribution in [0.2, 0.25) is 0 Å². The molecule has 308 valence electrons. The number of benzene rings is 1. The van der Waals surface area contributed by atoms with Crippen molar-refractivity contribution in [1.29, 1.82) is 0 Å². The Labute approximate surface area is 317 Å². The molecule has 2 fully saturated rings. The van der Waals surface area contributed by atoms with Gasteiger partial charge in [0.25, 0.3) is 5.69 Å². The van der Waals surface area contributed by atoms with Crippen molar-refractivity contribution in [2.24, 2.45) is 0 Å². The van der Waals surface area contributed by atoms with Crippen molar-refractivity contribution < 1.29 is 95.4 Å². The Morgan fingerprint density at radius 1 is 0.554 bits per heavy atom. The summed E-state index contributed by atoms with van der Waals surface area (Å²) < 4.78 is 61.0. The van der Waals surface area contributed by atoms with Crippen LogP contribution in [0.15, 0.2) is 24.3 Å². The summed E-state index contributed by atoms with van der Waals surface area (Å²) in [5.41, 5.74) is -0.325. The second-order valence-electron chi connectivity index (χ2n) is 12.0. The molecular weight excluding hydrogens is 760 g/mol. The number of anilines is 1. The molecule has 2 aliphatic heterocycles. The summed E-state index contributed by atoms with van der Waals surface area (Å²) in [6.07, 6.45) is -19.0. The lowest BCUT2D eigenvalue weighted by Crippen LogP contribution is -2.67. The van der Waals surface area contributed by atoms with Gasteiger partial charge in [0.15, 0.2) is 42.9 Å². The van der Waals surface area contributed by atoms with Crippen molar-refractivity contribution in [3.8, 4) is 0 Å². The van der Waals surface area contributed by atoms with E-state index in [0.29, 0.717) is 0 Å². The average Bonchev–Trinajstić information content (AvgIpc) is 3.07. The van der Waals surface area contributed by atoms with Gasteiger partial charge in [-0.1, -0.05) is 0 Å². The standard InChI is InChI=1S/C33H40N2O21/c1-14(36)46-12-23-25(48-16(3)38)27(50-18(5)40)29(31(53-23)52-20(7)42)55-32-30(56-33(43)34-21-8-10-22(11-9-21)35(44)45)28(51-19(6)41)26(49-17(4)39)24(54-32)13-47-15(2)37/h8-11,23-32H,12-13H2,1-7H3,(H,34,43)/t23-,24+,25+,26+,27-,28-,29-,30-,31-,32+/m0/s1. The number of rotatable bonds is 14. The lowest BCUT2D eigenvalue weighted by atomic mass is 9.96. The summed E-state index contributed by atoms with van der Waals surface area (Å²) >= 11 is 0. The first-order valence-corrected chi connectivity index (χ1v) is 16.6. The fraction of sp³-hybridized carbons (Fsp3) is 0.576. The summed E-state index contributed by atoms with van der Waals surface area (Å²) in [4.78, 5) is 109. The van der Waals surface area contributed by atoms with Crippen molar-refractivity contribution in [3.05, 3.63) is 34.4 Å². The van der Waals surface area contributed by atoms with E-state index in [0.717, 1.165) is 60.6 Å². The quantitative estimate of drug-likeness (QED) is 0.118. The predicted molar refractivity (Wildman–Crippen MR) is 176 cm³/mol. The van der Waals surface area contributed by atoms with Crippen LogP contribution in [0.5, 0.6) is 0 Å². The van der Waals surface area contributed by atoms with E-state index in [1.165, 1.54) is 12.1 Å². The number of nitro benzene ring substituents is 1. The molecule has 23 heteroatoms. The number of hydrogen-bond acceptors (Lipinski definition) is 21. The molecule has 0 saturated carbocycles. The van der Waals surface area contributed by atoms with E-state index in [-0.39, 0.29) is 11.4 Å². The Hall–Kier alpha value is -5.94. The Kier molecular flexibility index (Phi) is 16.0. The highest BCUT2D eigenvalue weighted by Crippen LogP contribution is 2.36. The van der Waals surface area contributed by atoms with Gasteiger partial charge in [-0.25, -0.2) is 4.79 Å². The number of nitrogens with zero attached hydrogens (tertiary/aromatic N) is 1. The van der Waals surface area contributed by atoms with E-state index in [4.69, 9.17) is 52.1 Å². The molecule has 56 heavy (non-hydrogen) atoms. The van der Waals surface area contributed by atoms with Gasteiger partial charge in [0.05, 0.1) is 4.92 Å². The van der Waals surface area contributed by atoms with Crippen LogP contribution in [-0.4, -0.2) is 127 Å². The van der Waals surface area contributed by atoms with Crippen LogP contribution < -0.4 is 5.32 Å². The van der Waals surface area contributed by atoms with Crippen LogP contribution in [0.25, 0.3) is 0 Å². The molecule has 1 N–H and O–H groups in total. The number of hydrogen-bond donors (Lipinski definition) is 1. The molecule has 0 aromatic heterocycles. The van der Waals surface area contributed by atoms with E-state index >= 15 is 0 Å². The summed E-state index contributed by atoms with van der Waals surface area (Å²) in [5.74, 6) is -6.49. The lowest BCUT2D eigenvalue weighted by molar-refractivity contribution is -0.384. The van der Waals surface area contributed by atoms with E-state index in [1.807, 2.05) is 0 Å². The zero-order chi connectivity index (χ0) is 41.9. The largest absolute Gasteiger partial charge is 0.463 e. The van der Waals surface area contributed by atoms with Gasteiger partial charge in [-0.2, -0.15) is 0 Å². The normalized spacial score (nSPS) is 26.9. The van der Waals surface area contributed by atoms with Crippen LogP contribution in [0.4, 0.5) is 16.2 Å². The smallest absolute Gasteiger partial charge is 0.412 e. The number of nitro groups is 1. The van der Waals surface area contributed by atoms with Crippen LogP contribution in [0.3, 0.4) is 0 Å². The van der Waals surface area contributed by atoms with Crippen molar-refractivity contribution in [2.75, 3.05) is 18.5 Å². The molecule has 10 atom stereocenters. The van der Waals surface area contributed by atoms with Crippen molar-refractivity contribution in [3.63, 3.8) is 0 Å². The number of carbonyl (C=O) groups excluding carboxylic acids is 8. The van der Waals surface area contributed by atoms with Crippen LogP contribution in [-0.2, 0) is 85.7 Å². The van der Waals surface area contributed by atoms with Gasteiger partial charge in [-0.3, -0.25) is 49.0 Å². The first-order chi connectivity index (χ1) is 26.2. The molecule has 2 saturated heterocycles. The molecule has 0 unspecified atom stereocenters. The number of nitrogens with one attached hydrogen (secondary N) is 1. The molecule has 2 aliphatic rings. The molecular formula is C33H40N2O21. The highest BCUT2D eigenvalue weighted by molar-refractivity contribution is 5.85. The second kappa shape index (κ2) is 20.1. The number of carbonyl (C=O) groups is 8. The molecule has 1 aromatic carbocycles. The summed E-state index contributed by atoms with van der Waals surface area (Å²) in [6.45, 7) is 5.70. The van der Waals surface area contributed by atoms with Gasteiger partial charge in [-0.05, 0) is 12.1 Å². The molecule has 0 radical (unpaired) electrons. The molecule has 0 aliphatic carbocycles. The van der Waals surface area contributed by atoms with Gasteiger partial charge in [0.2, 0.25) is 6.29 Å². The van der Waals surface area contributed by atoms with E-state index < -0.39 is 127 Å². The fourth-order valence-electron chi connectivity index (χ4n) is 5.47. The fourth-order valence-corrected chi connectivity index (χ4v) is 5.47. The molecule has 0 bridgehead atoms. The summed E-state index contributed by atoms with van der Waals surface area (Å²) in [5, 5.41) is 13.4. The SMILES string of the molecule is CC(=O)OC[C@@H]1O[C@H](OC(C)=O)[C@@H](O[C@H]2O[C@H](COC(C)=O)[C@@H](OC(C)=O)[C@H](OC(C)=O)[C@@H]2OC(=O)Nc2ccc([N+](=O)[O-])cc2)[C@@H](OC(C)=O)[C@@H]1OC(C)=O. The first kappa shape index (κ1) is 44.5. The van der Waals surface area contributed by atoms with Gasteiger partial charge in [-0.15, -0.1) is 0 Å². The van der Waals surface area contributed by atoms with E-state index in [9.17, 15) is 48.5 Å². The van der Waals surface area contributed by atoms with Gasteiger partial charge < -0.3 is 52.1 Å². The summed E-state index contributed by atoms with van der Waals surface area (Å²) in [7, 11) is 0. The number of amides is 1. The highest BCUT2D eigenvalue weighted by atomic mass is 16.8. The molecule has 1 aromatic rings. The van der Waals surface area contributed by atoms with Crippen LogP contribution >= 0.6 is 0 Å². The Morgan fingerprint density at radius 2 is 0.964 bits per heavy atom. The molecule has 0 spiro atoms. The second-order valence-corrected chi connectivity index (χ2v) is 12.0. The maximum absolute atomic E-state index is 13.4. The lowest BCUT2D eigenvalue weighted by Gasteiger charge is -2.48. The van der Waals surface area contributed by atoms with Gasteiger partial charge in [0, 0.05) is 66.3 Å². The molecule has 23 nitrogen and oxygen atoms in total. The number of non-ortho nitro benzene ring substituents is 1. The highest BCUT2D eigenvalue weighted by Gasteiger charge is 2.58. The van der Waals surface area contributed by atoms with Gasteiger partial charge in [0.1, 0.15) is 25.4 Å². The monoisotopic (exact) mass is 800 g/mol. The third-order valence-electron chi connectivity index (χ3n) is 7.43. The summed E-state index contributed by atoms with van der Waals surface area (Å²) in [6, 6.07) is 4.48. The number of ether oxygens (including phenoxy) is 11. The maximum Gasteiger partial charge on any atom is 0.412 e. The van der Waals surface area contributed by atoms with E-state index in [2.05, 4.69) is 5.32 Å². The molecule has 3 rings (SSSR count). The minimum Gasteiger partial charge on any atom is -0.463 e. The number of esters is 7. The zero-order valence-corrected chi connectivity index (χ0v) is 31.0. The average molecular weight is 801 g/mol. The molecule has 1 amide bonds. The van der Waals surface area contributed by atoms with Gasteiger partial charge >= 0.3 is 47.9 Å². The maximum atomic E-state index is 13.4. The van der Waals surface area contributed by atoms with Crippen LogP contribution in [0.1, 0.15) is 48.5 Å². The Balaban J connectivity index is 2.19. The minimum atomic E-state index is -2.04. The predicted octanol–water partition coefficient (Wildman–Crippen LogP) is 0.763.